The van der Waals surface area contributed by atoms with Crippen LogP contribution in [0.4, 0.5) is 0 Å². The van der Waals surface area contributed by atoms with Gasteiger partial charge in [0.2, 0.25) is 5.91 Å². The Morgan fingerprint density at radius 1 is 0.944 bits per heavy atom. The summed E-state index contributed by atoms with van der Waals surface area (Å²) in [6, 6.07) is 27.0. The van der Waals surface area contributed by atoms with E-state index in [0.717, 1.165) is 16.7 Å². The van der Waals surface area contributed by atoms with E-state index in [9.17, 15) is 19.5 Å². The lowest BCUT2D eigenvalue weighted by Crippen LogP contribution is -2.70. The number of carbonyl (C=O) groups excluding carboxylic acids is 3. The molecule has 0 aliphatic carbocycles. The van der Waals surface area contributed by atoms with Gasteiger partial charge in [-0.05, 0) is 16.7 Å². The molecule has 0 bridgehead atoms. The zero-order valence-electron chi connectivity index (χ0n) is 19.2. The second-order valence-electron chi connectivity index (χ2n) is 8.52. The van der Waals surface area contributed by atoms with Crippen molar-refractivity contribution < 1.29 is 24.2 Å². The highest BCUT2D eigenvalue weighted by atomic mass is 32.2. The second kappa shape index (κ2) is 10.3. The van der Waals surface area contributed by atoms with E-state index in [1.807, 2.05) is 91.0 Å². The maximum Gasteiger partial charge on any atom is 0.359 e. The van der Waals surface area contributed by atoms with Gasteiger partial charge in [0.1, 0.15) is 17.2 Å². The van der Waals surface area contributed by atoms with Gasteiger partial charge in [0.05, 0.1) is 12.2 Å². The van der Waals surface area contributed by atoms with Gasteiger partial charge in [-0.1, -0.05) is 91.0 Å². The summed E-state index contributed by atoms with van der Waals surface area (Å²) in [5.74, 6) is -1.62. The molecule has 5 rings (SSSR count). The Hall–Kier alpha value is -4.04. The number of ether oxygens (including phenoxy) is 1. The Morgan fingerprint density at radius 3 is 2.08 bits per heavy atom. The Morgan fingerprint density at radius 2 is 1.50 bits per heavy atom. The fraction of sp³-hybridized carbons (Fsp3) is 0.179. The third kappa shape index (κ3) is 4.72. The Bertz CT molecular complexity index is 1260. The molecule has 182 valence electrons. The van der Waals surface area contributed by atoms with Crippen LogP contribution in [0, 0.1) is 0 Å². The number of esters is 1. The normalized spacial score (nSPS) is 18.9. The molecule has 2 N–H and O–H groups in total. The van der Waals surface area contributed by atoms with Gasteiger partial charge in [0.15, 0.2) is 11.8 Å². The van der Waals surface area contributed by atoms with Crippen molar-refractivity contribution in [1.29, 1.82) is 0 Å². The molecule has 2 aliphatic heterocycles. The molecule has 36 heavy (non-hydrogen) atoms. The van der Waals surface area contributed by atoms with E-state index in [4.69, 9.17) is 4.74 Å². The summed E-state index contributed by atoms with van der Waals surface area (Å²) < 4.78 is 5.88. The number of aliphatic hydroxyl groups is 1. The minimum atomic E-state index is -0.794. The molecular weight excluding hydrogens is 476 g/mol. The number of benzene rings is 3. The molecule has 0 aromatic heterocycles. The van der Waals surface area contributed by atoms with Crippen LogP contribution in [0.5, 0.6) is 0 Å². The summed E-state index contributed by atoms with van der Waals surface area (Å²) in [6.07, 6.45) is -0.570. The van der Waals surface area contributed by atoms with Gasteiger partial charge >= 0.3 is 5.97 Å². The molecule has 1 unspecified atom stereocenters. The number of β-lactam (4-membered cyclic amide) rings is 1. The van der Waals surface area contributed by atoms with E-state index in [1.165, 1.54) is 16.7 Å². The number of rotatable bonds is 7. The van der Waals surface area contributed by atoms with Gasteiger partial charge < -0.3 is 15.2 Å². The van der Waals surface area contributed by atoms with Crippen LogP contribution < -0.4 is 5.32 Å². The van der Waals surface area contributed by atoms with Crippen LogP contribution in [-0.4, -0.2) is 45.0 Å². The molecule has 0 radical (unpaired) electrons. The topological polar surface area (TPSA) is 95.9 Å². The molecule has 7 nitrogen and oxygen atoms in total. The van der Waals surface area contributed by atoms with Crippen LogP contribution >= 0.6 is 11.8 Å². The maximum absolute atomic E-state index is 13.3. The van der Waals surface area contributed by atoms with Crippen LogP contribution in [0.15, 0.2) is 102 Å². The lowest BCUT2D eigenvalue weighted by Gasteiger charge is -2.48. The predicted molar refractivity (Wildman–Crippen MR) is 136 cm³/mol. The number of aliphatic hydroxyl groups excluding tert-OH is 1. The zero-order chi connectivity index (χ0) is 25.1. The number of hydrogen-bond donors (Lipinski definition) is 2. The highest BCUT2D eigenvalue weighted by Crippen LogP contribution is 2.41. The van der Waals surface area contributed by atoms with E-state index < -0.39 is 29.4 Å². The van der Waals surface area contributed by atoms with Crippen LogP contribution in [0.2, 0.25) is 0 Å². The summed E-state index contributed by atoms with van der Waals surface area (Å²) in [5.41, 5.74) is 2.19. The van der Waals surface area contributed by atoms with Crippen molar-refractivity contribution in [3.05, 3.63) is 119 Å². The number of carbonyl (C=O) groups is 3. The molecule has 0 spiro atoms. The minimum Gasteiger partial charge on any atom is -0.509 e. The van der Waals surface area contributed by atoms with E-state index in [2.05, 4.69) is 5.32 Å². The van der Waals surface area contributed by atoms with E-state index in [0.29, 0.717) is 0 Å². The van der Waals surface area contributed by atoms with Gasteiger partial charge in [0, 0.05) is 0 Å². The van der Waals surface area contributed by atoms with Crippen LogP contribution in [0.1, 0.15) is 22.8 Å². The molecule has 2 amide bonds. The molecule has 2 heterocycles. The summed E-state index contributed by atoms with van der Waals surface area (Å²) in [6.45, 7) is 0. The van der Waals surface area contributed by atoms with Crippen molar-refractivity contribution in [3.63, 3.8) is 0 Å². The number of fused-ring (bicyclic) bond motifs is 1. The standard InChI is InChI=1S/C28H24N2O5S/c31-21-17-36-27-23(29-22(32)16-18-10-4-1-5-11-18)26(33)30(27)24(21)28(34)35-25(19-12-6-2-7-13-19)20-14-8-3-9-15-20/h1-15,23,25,27,31H,16-17H2,(H,29,32)/t23?,27-/m1/s1. The van der Waals surface area contributed by atoms with Crippen LogP contribution in [0.3, 0.4) is 0 Å². The highest BCUT2D eigenvalue weighted by molar-refractivity contribution is 8.00. The number of nitrogens with zero attached hydrogens (tertiary/aromatic N) is 1. The molecule has 2 atom stereocenters. The van der Waals surface area contributed by atoms with Crippen molar-refractivity contribution in [2.24, 2.45) is 0 Å². The maximum atomic E-state index is 13.3. The second-order valence-corrected chi connectivity index (χ2v) is 9.62. The van der Waals surface area contributed by atoms with Gasteiger partial charge in [-0.3, -0.25) is 14.5 Å². The summed E-state index contributed by atoms with van der Waals surface area (Å²) in [4.78, 5) is 40.1. The van der Waals surface area contributed by atoms with Crippen molar-refractivity contribution in [2.75, 3.05) is 5.75 Å². The Kier molecular flexibility index (Phi) is 6.77. The first-order valence-corrected chi connectivity index (χ1v) is 12.6. The molecule has 1 fully saturated rings. The van der Waals surface area contributed by atoms with Gasteiger partial charge in [-0.25, -0.2) is 4.79 Å². The highest BCUT2D eigenvalue weighted by Gasteiger charge is 2.55. The van der Waals surface area contributed by atoms with Crippen molar-refractivity contribution in [1.82, 2.24) is 10.2 Å². The number of amides is 2. The number of thioether (sulfide) groups is 1. The summed E-state index contributed by atoms with van der Waals surface area (Å²) >= 11 is 1.29. The molecule has 3 aromatic rings. The largest absolute Gasteiger partial charge is 0.509 e. The molecule has 0 saturated carbocycles. The van der Waals surface area contributed by atoms with E-state index >= 15 is 0 Å². The smallest absolute Gasteiger partial charge is 0.359 e. The first kappa shape index (κ1) is 23.7. The number of hydrogen-bond acceptors (Lipinski definition) is 6. The first-order chi connectivity index (χ1) is 17.5. The molecule has 3 aromatic carbocycles. The SMILES string of the molecule is O=C(Cc1ccccc1)NC1C(=O)N2C(C(=O)OC(c3ccccc3)c3ccccc3)=C(O)CS[C@H]12. The lowest BCUT2D eigenvalue weighted by atomic mass is 10.0. The van der Waals surface area contributed by atoms with Crippen LogP contribution in [-0.2, 0) is 25.5 Å². The average Bonchev–Trinajstić information content (AvgIpc) is 2.91. The van der Waals surface area contributed by atoms with E-state index in [1.54, 1.807) is 0 Å². The lowest BCUT2D eigenvalue weighted by molar-refractivity contribution is -0.155. The molecular formula is C28H24N2O5S. The minimum absolute atomic E-state index is 0.130. The third-order valence-electron chi connectivity index (χ3n) is 6.10. The van der Waals surface area contributed by atoms with Crippen LogP contribution in [0.25, 0.3) is 0 Å². The number of nitrogens with one attached hydrogen (secondary N) is 1. The quantitative estimate of drug-likeness (QED) is 0.379. The molecule has 1 saturated heterocycles. The monoisotopic (exact) mass is 500 g/mol. The summed E-state index contributed by atoms with van der Waals surface area (Å²) in [5, 5.41) is 12.8. The summed E-state index contributed by atoms with van der Waals surface area (Å²) in [7, 11) is 0. The van der Waals surface area contributed by atoms with Crippen molar-refractivity contribution in [3.8, 4) is 0 Å². The van der Waals surface area contributed by atoms with Gasteiger partial charge in [-0.2, -0.15) is 0 Å². The fourth-order valence-electron chi connectivity index (χ4n) is 4.35. The van der Waals surface area contributed by atoms with Gasteiger partial charge in [-0.15, -0.1) is 11.8 Å². The zero-order valence-corrected chi connectivity index (χ0v) is 20.1. The third-order valence-corrected chi connectivity index (χ3v) is 7.36. The van der Waals surface area contributed by atoms with Crippen molar-refractivity contribution >= 4 is 29.5 Å². The Balaban J connectivity index is 1.32. The molecule has 8 heteroatoms. The molecule has 2 aliphatic rings. The van der Waals surface area contributed by atoms with E-state index in [-0.39, 0.29) is 29.5 Å². The fourth-order valence-corrected chi connectivity index (χ4v) is 5.55. The first-order valence-electron chi connectivity index (χ1n) is 11.5. The van der Waals surface area contributed by atoms with Crippen molar-refractivity contribution in [2.45, 2.75) is 23.9 Å². The average molecular weight is 501 g/mol. The van der Waals surface area contributed by atoms with Gasteiger partial charge in [0.25, 0.3) is 5.91 Å². The predicted octanol–water partition coefficient (Wildman–Crippen LogP) is 3.73. The Labute approximate surface area is 212 Å².